The van der Waals surface area contributed by atoms with Crippen molar-refractivity contribution in [2.24, 2.45) is 0 Å². The molecule has 0 spiro atoms. The number of benzene rings is 3. The number of carbonyl (C=O) groups is 2. The summed E-state index contributed by atoms with van der Waals surface area (Å²) in [7, 11) is 0. The number of alkyl carbamates (subject to hydrolysis) is 1. The number of carboxylic acid groups (broad SMARTS) is 1. The molecule has 0 saturated heterocycles. The van der Waals surface area contributed by atoms with E-state index in [2.05, 4.69) is 5.32 Å². The van der Waals surface area contributed by atoms with Gasteiger partial charge in [-0.15, -0.1) is 5.75 Å². The minimum Gasteiger partial charge on any atom is -0.872 e. The van der Waals surface area contributed by atoms with Crippen LogP contribution in [0.3, 0.4) is 0 Å². The zero-order valence-corrected chi connectivity index (χ0v) is 19.1. The molecule has 6 nitrogen and oxygen atoms in total. The summed E-state index contributed by atoms with van der Waals surface area (Å²) in [5, 5.41) is 23.1. The van der Waals surface area contributed by atoms with Crippen molar-refractivity contribution in [1.82, 2.24) is 5.32 Å². The Labute approximate surface area is 202 Å². The van der Waals surface area contributed by atoms with Gasteiger partial charge in [0, 0.05) is 12.3 Å². The Morgan fingerprint density at radius 2 is 1.48 bits per heavy atom. The molecule has 0 radical (unpaired) electrons. The fraction of sp³-hybridized carbons (Fsp3) is 0.167. The van der Waals surface area contributed by atoms with E-state index in [1.54, 1.807) is 12.1 Å². The Morgan fingerprint density at radius 1 is 0.935 bits per heavy atom. The number of nitrogens with one attached hydrogen (secondary N) is 1. The van der Waals surface area contributed by atoms with Crippen molar-refractivity contribution in [3.8, 4) is 16.9 Å². The van der Waals surface area contributed by atoms with Gasteiger partial charge in [-0.3, -0.25) is 0 Å². The predicted molar refractivity (Wildman–Crippen MR) is 109 cm³/mol. The standard InChI is InChI=1S/C24H21NO5.Na/c26-16-11-9-15(10-12-16)13-22(23(27)28)25-24(29)30-14-21-19-7-3-1-5-17(19)18-6-2-4-8-20(18)21;/h1-12,21-22,26H,13-14H2,(H,25,29)(H,27,28);/q;+1/p-1/t22-;/m0./s1. The summed E-state index contributed by atoms with van der Waals surface area (Å²) in [6.07, 6.45) is -0.732. The molecule has 1 aliphatic carbocycles. The third-order valence-electron chi connectivity index (χ3n) is 5.30. The van der Waals surface area contributed by atoms with Crippen molar-refractivity contribution in [3.05, 3.63) is 89.5 Å². The van der Waals surface area contributed by atoms with Gasteiger partial charge in [0.25, 0.3) is 0 Å². The normalized spacial score (nSPS) is 12.8. The van der Waals surface area contributed by atoms with E-state index in [1.165, 1.54) is 12.1 Å². The van der Waals surface area contributed by atoms with Crippen molar-refractivity contribution < 1.29 is 54.1 Å². The molecule has 4 rings (SSSR count). The van der Waals surface area contributed by atoms with E-state index in [-0.39, 0.29) is 54.3 Å². The SMILES string of the molecule is O=C(N[C@@H](Cc1ccc([O-])cc1)C(=O)O)OCC1c2ccccc2-c2ccccc21.[Na+]. The molecular weight excluding hydrogens is 405 g/mol. The molecule has 1 atom stereocenters. The van der Waals surface area contributed by atoms with Gasteiger partial charge >= 0.3 is 41.6 Å². The zero-order valence-electron chi connectivity index (χ0n) is 17.1. The average molecular weight is 425 g/mol. The van der Waals surface area contributed by atoms with Crippen LogP contribution >= 0.6 is 0 Å². The van der Waals surface area contributed by atoms with Gasteiger partial charge in [0.15, 0.2) is 0 Å². The van der Waals surface area contributed by atoms with Gasteiger partial charge in [-0.25, -0.2) is 9.59 Å². The zero-order chi connectivity index (χ0) is 21.1. The van der Waals surface area contributed by atoms with E-state index in [0.717, 1.165) is 22.3 Å². The second kappa shape index (κ2) is 10.0. The summed E-state index contributed by atoms with van der Waals surface area (Å²) in [5.41, 5.74) is 5.04. The van der Waals surface area contributed by atoms with Crippen LogP contribution in [0.15, 0.2) is 72.8 Å². The average Bonchev–Trinajstić information content (AvgIpc) is 3.07. The third kappa shape index (κ3) is 5.10. The molecule has 0 unspecified atom stereocenters. The van der Waals surface area contributed by atoms with Crippen LogP contribution in [-0.2, 0) is 16.0 Å². The van der Waals surface area contributed by atoms with Crippen LogP contribution in [0.4, 0.5) is 4.79 Å². The number of ether oxygens (including phenoxy) is 1. The van der Waals surface area contributed by atoms with E-state index in [9.17, 15) is 19.8 Å². The van der Waals surface area contributed by atoms with Crippen LogP contribution in [0.5, 0.6) is 5.75 Å². The summed E-state index contributed by atoms with van der Waals surface area (Å²) in [6.45, 7) is 0.108. The molecule has 0 heterocycles. The maximum atomic E-state index is 12.3. The first-order valence-corrected chi connectivity index (χ1v) is 9.63. The number of hydrogen-bond donors (Lipinski definition) is 2. The minimum atomic E-state index is -1.17. The number of amides is 1. The van der Waals surface area contributed by atoms with Gasteiger partial charge in [0.05, 0.1) is 0 Å². The van der Waals surface area contributed by atoms with Crippen LogP contribution in [0, 0.1) is 0 Å². The molecule has 0 bridgehead atoms. The molecule has 0 aliphatic heterocycles. The van der Waals surface area contributed by atoms with Crippen LogP contribution < -0.4 is 40.0 Å². The molecule has 3 aromatic rings. The van der Waals surface area contributed by atoms with Crippen LogP contribution in [0.25, 0.3) is 11.1 Å². The Bertz CT molecular complexity index is 1040. The van der Waals surface area contributed by atoms with E-state index >= 15 is 0 Å². The number of carbonyl (C=O) groups excluding carboxylic acids is 1. The van der Waals surface area contributed by atoms with Crippen molar-refractivity contribution >= 4 is 12.1 Å². The molecule has 1 amide bonds. The second-order valence-corrected chi connectivity index (χ2v) is 7.21. The maximum Gasteiger partial charge on any atom is 1.00 e. The topological polar surface area (TPSA) is 98.7 Å². The molecule has 31 heavy (non-hydrogen) atoms. The molecule has 0 aromatic heterocycles. The monoisotopic (exact) mass is 425 g/mol. The molecular formula is C24H20NNaO5. The first-order valence-electron chi connectivity index (χ1n) is 9.63. The van der Waals surface area contributed by atoms with Gasteiger partial charge < -0.3 is 20.3 Å². The summed E-state index contributed by atoms with van der Waals surface area (Å²) in [6, 6.07) is 20.6. The van der Waals surface area contributed by atoms with Crippen LogP contribution in [-0.4, -0.2) is 29.8 Å². The molecule has 3 aromatic carbocycles. The second-order valence-electron chi connectivity index (χ2n) is 7.21. The number of fused-ring (bicyclic) bond motifs is 3. The molecule has 1 aliphatic rings. The first-order chi connectivity index (χ1) is 14.5. The van der Waals surface area contributed by atoms with Crippen LogP contribution in [0.2, 0.25) is 0 Å². The number of rotatable bonds is 6. The van der Waals surface area contributed by atoms with Crippen molar-refractivity contribution in [2.45, 2.75) is 18.4 Å². The number of aliphatic carboxylic acids is 1. The van der Waals surface area contributed by atoms with E-state index in [0.29, 0.717) is 5.56 Å². The summed E-state index contributed by atoms with van der Waals surface area (Å²) < 4.78 is 5.41. The number of hydrogen-bond acceptors (Lipinski definition) is 4. The molecule has 152 valence electrons. The Hall–Kier alpha value is -2.80. The van der Waals surface area contributed by atoms with Crippen molar-refractivity contribution in [1.29, 1.82) is 0 Å². The molecule has 2 N–H and O–H groups in total. The first kappa shape index (κ1) is 22.9. The quantitative estimate of drug-likeness (QED) is 0.554. The maximum absolute atomic E-state index is 12.3. The Morgan fingerprint density at radius 3 is 2.03 bits per heavy atom. The van der Waals surface area contributed by atoms with Crippen molar-refractivity contribution in [3.63, 3.8) is 0 Å². The van der Waals surface area contributed by atoms with E-state index < -0.39 is 18.1 Å². The minimum absolute atomic E-state index is 0. The van der Waals surface area contributed by atoms with Gasteiger partial charge in [-0.1, -0.05) is 72.8 Å². The smallest absolute Gasteiger partial charge is 0.872 e. The fourth-order valence-electron chi connectivity index (χ4n) is 3.84. The largest absolute Gasteiger partial charge is 1.00 e. The summed E-state index contributed by atoms with van der Waals surface area (Å²) >= 11 is 0. The molecule has 7 heteroatoms. The predicted octanol–water partition coefficient (Wildman–Crippen LogP) is 0.299. The Kier molecular flexibility index (Phi) is 7.38. The van der Waals surface area contributed by atoms with Gasteiger partial charge in [0.1, 0.15) is 12.6 Å². The van der Waals surface area contributed by atoms with Gasteiger partial charge in [0.2, 0.25) is 0 Å². The third-order valence-corrected chi connectivity index (χ3v) is 5.30. The number of carboxylic acids is 1. The van der Waals surface area contributed by atoms with Gasteiger partial charge in [-0.05, 0) is 27.8 Å². The van der Waals surface area contributed by atoms with Crippen LogP contribution in [0.1, 0.15) is 22.6 Å². The molecule has 0 saturated carbocycles. The molecule has 0 fully saturated rings. The summed E-state index contributed by atoms with van der Waals surface area (Å²) in [5.74, 6) is -1.43. The summed E-state index contributed by atoms with van der Waals surface area (Å²) in [4.78, 5) is 23.9. The fourth-order valence-corrected chi connectivity index (χ4v) is 3.84. The van der Waals surface area contributed by atoms with E-state index in [1.807, 2.05) is 48.5 Å². The van der Waals surface area contributed by atoms with Gasteiger partial charge in [-0.2, -0.15) is 0 Å². The van der Waals surface area contributed by atoms with E-state index in [4.69, 9.17) is 4.74 Å². The Balaban J connectivity index is 0.00000272. The van der Waals surface area contributed by atoms with Crippen molar-refractivity contribution in [2.75, 3.05) is 6.61 Å².